The number of nitrogens with one attached hydrogen (secondary N) is 2. The predicted octanol–water partition coefficient (Wildman–Crippen LogP) is 1.17. The van der Waals surface area contributed by atoms with Gasteiger partial charge in [0, 0.05) is 18.7 Å². The van der Waals surface area contributed by atoms with Crippen molar-refractivity contribution < 1.29 is 13.9 Å². The van der Waals surface area contributed by atoms with Crippen LogP contribution in [-0.4, -0.2) is 32.1 Å². The summed E-state index contributed by atoms with van der Waals surface area (Å²) in [5.41, 5.74) is 0.0508. The summed E-state index contributed by atoms with van der Waals surface area (Å²) >= 11 is 0. The Kier molecular flexibility index (Phi) is 3.81. The molecule has 4 nitrogen and oxygen atoms in total. The molecule has 1 aliphatic heterocycles. The van der Waals surface area contributed by atoms with Gasteiger partial charge in [0.25, 0.3) is 5.91 Å². The molecule has 1 saturated heterocycles. The molecular formula is C13H17FN2O2. The van der Waals surface area contributed by atoms with E-state index >= 15 is 0 Å². The van der Waals surface area contributed by atoms with Gasteiger partial charge in [-0.1, -0.05) is 6.92 Å². The Morgan fingerprint density at radius 3 is 2.83 bits per heavy atom. The Balaban J connectivity index is 2.09. The summed E-state index contributed by atoms with van der Waals surface area (Å²) in [6.45, 7) is 3.65. The fraction of sp³-hybridized carbons (Fsp3) is 0.462. The van der Waals surface area contributed by atoms with E-state index in [9.17, 15) is 9.18 Å². The molecule has 2 unspecified atom stereocenters. The molecule has 0 radical (unpaired) electrons. The van der Waals surface area contributed by atoms with Crippen molar-refractivity contribution in [3.05, 3.63) is 29.6 Å². The summed E-state index contributed by atoms with van der Waals surface area (Å²) in [4.78, 5) is 11.9. The summed E-state index contributed by atoms with van der Waals surface area (Å²) in [6, 6.07) is 4.29. The number of halogens is 1. The van der Waals surface area contributed by atoms with E-state index in [1.54, 1.807) is 6.07 Å². The summed E-state index contributed by atoms with van der Waals surface area (Å²) in [5, 5.41) is 6.02. The molecule has 1 aromatic rings. The molecular weight excluding hydrogens is 235 g/mol. The van der Waals surface area contributed by atoms with Gasteiger partial charge < -0.3 is 15.4 Å². The molecule has 0 aromatic heterocycles. The molecule has 2 rings (SSSR count). The van der Waals surface area contributed by atoms with E-state index in [-0.39, 0.29) is 17.5 Å². The van der Waals surface area contributed by atoms with Crippen LogP contribution < -0.4 is 15.4 Å². The highest BCUT2D eigenvalue weighted by molar-refractivity contribution is 5.94. The molecule has 98 valence electrons. The lowest BCUT2D eigenvalue weighted by Gasteiger charge is -2.16. The molecule has 5 heteroatoms. The standard InChI is InChI=1S/C13H17FN2O2/c1-8-6-15-7-12(8)16-13(17)10-4-3-9(18-2)5-11(10)14/h3-5,8,12,15H,6-7H2,1-2H3,(H,16,17). The quantitative estimate of drug-likeness (QED) is 0.849. The third kappa shape index (κ3) is 2.61. The van der Waals surface area contributed by atoms with Gasteiger partial charge in [-0.15, -0.1) is 0 Å². The van der Waals surface area contributed by atoms with Gasteiger partial charge in [-0.2, -0.15) is 0 Å². The van der Waals surface area contributed by atoms with Gasteiger partial charge in [-0.05, 0) is 24.6 Å². The summed E-state index contributed by atoms with van der Waals surface area (Å²) in [7, 11) is 1.46. The van der Waals surface area contributed by atoms with Crippen LogP contribution in [0.1, 0.15) is 17.3 Å². The molecule has 0 aliphatic carbocycles. The lowest BCUT2D eigenvalue weighted by Crippen LogP contribution is -2.39. The highest BCUT2D eigenvalue weighted by Crippen LogP contribution is 2.17. The van der Waals surface area contributed by atoms with Crippen molar-refractivity contribution in [1.29, 1.82) is 0 Å². The average Bonchev–Trinajstić information content (AvgIpc) is 2.74. The number of methoxy groups -OCH3 is 1. The molecule has 1 aliphatic rings. The van der Waals surface area contributed by atoms with Gasteiger partial charge in [0.2, 0.25) is 0 Å². The van der Waals surface area contributed by atoms with Crippen molar-refractivity contribution in [3.8, 4) is 5.75 Å². The van der Waals surface area contributed by atoms with Crippen LogP contribution in [0, 0.1) is 11.7 Å². The molecule has 1 amide bonds. The zero-order valence-corrected chi connectivity index (χ0v) is 10.5. The molecule has 2 atom stereocenters. The SMILES string of the molecule is COc1ccc(C(=O)NC2CNCC2C)c(F)c1. The Labute approximate surface area is 106 Å². The highest BCUT2D eigenvalue weighted by Gasteiger charge is 2.25. The number of rotatable bonds is 3. The molecule has 2 N–H and O–H groups in total. The predicted molar refractivity (Wildman–Crippen MR) is 66.2 cm³/mol. The smallest absolute Gasteiger partial charge is 0.254 e. The number of hydrogen-bond donors (Lipinski definition) is 2. The third-order valence-electron chi connectivity index (χ3n) is 3.25. The Hall–Kier alpha value is -1.62. The Morgan fingerprint density at radius 1 is 1.50 bits per heavy atom. The second kappa shape index (κ2) is 5.35. The number of ether oxygens (including phenoxy) is 1. The van der Waals surface area contributed by atoms with Crippen molar-refractivity contribution in [1.82, 2.24) is 10.6 Å². The molecule has 1 heterocycles. The minimum Gasteiger partial charge on any atom is -0.497 e. The molecule has 0 bridgehead atoms. The van der Waals surface area contributed by atoms with Crippen molar-refractivity contribution >= 4 is 5.91 Å². The van der Waals surface area contributed by atoms with E-state index in [2.05, 4.69) is 17.6 Å². The first-order valence-corrected chi connectivity index (χ1v) is 5.97. The number of benzene rings is 1. The monoisotopic (exact) mass is 252 g/mol. The van der Waals surface area contributed by atoms with Gasteiger partial charge >= 0.3 is 0 Å². The van der Waals surface area contributed by atoms with Gasteiger partial charge in [-0.25, -0.2) is 4.39 Å². The third-order valence-corrected chi connectivity index (χ3v) is 3.25. The first kappa shape index (κ1) is 12.8. The van der Waals surface area contributed by atoms with Crippen LogP contribution in [0.4, 0.5) is 4.39 Å². The Bertz CT molecular complexity index is 451. The first-order valence-electron chi connectivity index (χ1n) is 5.97. The topological polar surface area (TPSA) is 50.4 Å². The number of hydrogen-bond acceptors (Lipinski definition) is 3. The molecule has 0 spiro atoms. The van der Waals surface area contributed by atoms with Crippen molar-refractivity contribution in [2.24, 2.45) is 5.92 Å². The maximum Gasteiger partial charge on any atom is 0.254 e. The van der Waals surface area contributed by atoms with Crippen LogP contribution in [-0.2, 0) is 0 Å². The first-order chi connectivity index (χ1) is 8.61. The minimum absolute atomic E-state index is 0.0508. The fourth-order valence-electron chi connectivity index (χ4n) is 2.06. The van der Waals surface area contributed by atoms with Crippen molar-refractivity contribution in [2.75, 3.05) is 20.2 Å². The van der Waals surface area contributed by atoms with Gasteiger partial charge in [0.1, 0.15) is 11.6 Å². The highest BCUT2D eigenvalue weighted by atomic mass is 19.1. The number of carbonyl (C=O) groups is 1. The second-order valence-corrected chi connectivity index (χ2v) is 4.56. The van der Waals surface area contributed by atoms with Crippen LogP contribution in [0.25, 0.3) is 0 Å². The maximum atomic E-state index is 13.7. The van der Waals surface area contributed by atoms with E-state index < -0.39 is 5.82 Å². The summed E-state index contributed by atoms with van der Waals surface area (Å²) in [6.07, 6.45) is 0. The van der Waals surface area contributed by atoms with E-state index in [1.165, 1.54) is 19.2 Å². The van der Waals surface area contributed by atoms with Crippen molar-refractivity contribution in [3.63, 3.8) is 0 Å². The summed E-state index contributed by atoms with van der Waals surface area (Å²) < 4.78 is 18.6. The van der Waals surface area contributed by atoms with Crippen LogP contribution in [0.3, 0.4) is 0 Å². The zero-order valence-electron chi connectivity index (χ0n) is 10.5. The van der Waals surface area contributed by atoms with E-state index in [4.69, 9.17) is 4.74 Å². The number of amides is 1. The lowest BCUT2D eigenvalue weighted by molar-refractivity contribution is 0.0928. The Morgan fingerprint density at radius 2 is 2.28 bits per heavy atom. The van der Waals surface area contributed by atoms with Crippen LogP contribution >= 0.6 is 0 Å². The minimum atomic E-state index is -0.564. The second-order valence-electron chi connectivity index (χ2n) is 4.56. The van der Waals surface area contributed by atoms with E-state index in [0.29, 0.717) is 11.7 Å². The normalized spacial score (nSPS) is 22.8. The van der Waals surface area contributed by atoms with E-state index in [1.807, 2.05) is 0 Å². The van der Waals surface area contributed by atoms with Crippen molar-refractivity contribution in [2.45, 2.75) is 13.0 Å². The van der Waals surface area contributed by atoms with Gasteiger partial charge in [0.05, 0.1) is 12.7 Å². The molecule has 1 aromatic carbocycles. The van der Waals surface area contributed by atoms with Gasteiger partial charge in [-0.3, -0.25) is 4.79 Å². The largest absolute Gasteiger partial charge is 0.497 e. The van der Waals surface area contributed by atoms with E-state index in [0.717, 1.165) is 13.1 Å². The average molecular weight is 252 g/mol. The van der Waals surface area contributed by atoms with Crippen LogP contribution in [0.5, 0.6) is 5.75 Å². The zero-order chi connectivity index (χ0) is 13.1. The molecule has 1 fully saturated rings. The number of carbonyl (C=O) groups excluding carboxylic acids is 1. The van der Waals surface area contributed by atoms with Gasteiger partial charge in [0.15, 0.2) is 0 Å². The van der Waals surface area contributed by atoms with Crippen LogP contribution in [0.15, 0.2) is 18.2 Å². The fourth-order valence-corrected chi connectivity index (χ4v) is 2.06. The molecule has 0 saturated carbocycles. The maximum absolute atomic E-state index is 13.7. The molecule has 18 heavy (non-hydrogen) atoms. The lowest BCUT2D eigenvalue weighted by atomic mass is 10.1. The van der Waals surface area contributed by atoms with Crippen LogP contribution in [0.2, 0.25) is 0 Å². The summed E-state index contributed by atoms with van der Waals surface area (Å²) in [5.74, 6) is -0.184.